The van der Waals surface area contributed by atoms with E-state index in [4.69, 9.17) is 0 Å². The van der Waals surface area contributed by atoms with Crippen LogP contribution in [0.5, 0.6) is 0 Å². The SMILES string of the molecule is Cn1cnnc1C(c1cccc(-n2cc3c(C(F)(F)F)cccn3c2=O)c1)C1CCC1. The van der Waals surface area contributed by atoms with Gasteiger partial charge in [0.25, 0.3) is 0 Å². The highest BCUT2D eigenvalue weighted by Crippen LogP contribution is 2.42. The zero-order valence-corrected chi connectivity index (χ0v) is 16.8. The summed E-state index contributed by atoms with van der Waals surface area (Å²) in [5, 5.41) is 8.32. The molecular weight excluding hydrogens is 407 g/mol. The molecule has 1 saturated carbocycles. The van der Waals surface area contributed by atoms with E-state index < -0.39 is 17.4 Å². The number of pyridine rings is 1. The lowest BCUT2D eigenvalue weighted by molar-refractivity contribution is -0.136. The van der Waals surface area contributed by atoms with Crippen molar-refractivity contribution in [2.45, 2.75) is 31.4 Å². The number of aryl methyl sites for hydroxylation is 1. The first-order chi connectivity index (χ1) is 14.8. The van der Waals surface area contributed by atoms with Gasteiger partial charge in [-0.2, -0.15) is 13.2 Å². The van der Waals surface area contributed by atoms with Gasteiger partial charge in [-0.15, -0.1) is 10.2 Å². The molecule has 4 aromatic rings. The summed E-state index contributed by atoms with van der Waals surface area (Å²) in [7, 11) is 1.90. The van der Waals surface area contributed by atoms with Crippen LogP contribution in [0, 0.1) is 5.92 Å². The van der Waals surface area contributed by atoms with Gasteiger partial charge in [-0.3, -0.25) is 8.97 Å². The molecule has 9 heteroatoms. The number of alkyl halides is 3. The molecule has 0 bridgehead atoms. The van der Waals surface area contributed by atoms with Crippen LogP contribution in [0.3, 0.4) is 0 Å². The second kappa shape index (κ2) is 7.11. The lowest BCUT2D eigenvalue weighted by Gasteiger charge is -2.33. The smallest absolute Gasteiger partial charge is 0.320 e. The molecule has 5 rings (SSSR count). The quantitative estimate of drug-likeness (QED) is 0.491. The van der Waals surface area contributed by atoms with E-state index in [2.05, 4.69) is 10.2 Å². The van der Waals surface area contributed by atoms with Gasteiger partial charge in [0.05, 0.1) is 16.8 Å². The Hall–Kier alpha value is -3.36. The average molecular weight is 427 g/mol. The third kappa shape index (κ3) is 3.24. The van der Waals surface area contributed by atoms with Crippen molar-refractivity contribution in [3.63, 3.8) is 0 Å². The average Bonchev–Trinajstić information content (AvgIpc) is 3.27. The number of halogens is 3. The van der Waals surface area contributed by atoms with Gasteiger partial charge >= 0.3 is 11.9 Å². The fraction of sp³-hybridized carbons (Fsp3) is 0.318. The Balaban J connectivity index is 1.64. The van der Waals surface area contributed by atoms with Crippen molar-refractivity contribution in [3.8, 4) is 5.69 Å². The first kappa shape index (κ1) is 19.6. The maximum atomic E-state index is 13.4. The summed E-state index contributed by atoms with van der Waals surface area (Å²) in [5.41, 5.74) is -0.0675. The molecule has 0 N–H and O–H groups in total. The molecule has 1 fully saturated rings. The maximum Gasteiger partial charge on any atom is 0.418 e. The van der Waals surface area contributed by atoms with Crippen LogP contribution in [-0.4, -0.2) is 23.7 Å². The van der Waals surface area contributed by atoms with Crippen LogP contribution >= 0.6 is 0 Å². The largest absolute Gasteiger partial charge is 0.418 e. The minimum Gasteiger partial charge on any atom is -0.320 e. The van der Waals surface area contributed by atoms with E-state index in [1.165, 1.54) is 23.0 Å². The Bertz CT molecular complexity index is 1310. The topological polar surface area (TPSA) is 57.1 Å². The molecule has 0 aliphatic heterocycles. The molecule has 3 heterocycles. The van der Waals surface area contributed by atoms with Crippen LogP contribution in [0.2, 0.25) is 0 Å². The lowest BCUT2D eigenvalue weighted by atomic mass is 9.72. The van der Waals surface area contributed by atoms with Crippen LogP contribution < -0.4 is 5.69 Å². The number of benzene rings is 1. The van der Waals surface area contributed by atoms with E-state index in [-0.39, 0.29) is 11.4 Å². The monoisotopic (exact) mass is 427 g/mol. The van der Waals surface area contributed by atoms with E-state index >= 15 is 0 Å². The Morgan fingerprint density at radius 2 is 1.97 bits per heavy atom. The van der Waals surface area contributed by atoms with Crippen LogP contribution in [0.15, 0.2) is 59.9 Å². The summed E-state index contributed by atoms with van der Waals surface area (Å²) in [4.78, 5) is 12.9. The van der Waals surface area contributed by atoms with Gasteiger partial charge in [-0.25, -0.2) is 4.79 Å². The predicted octanol–water partition coefficient (Wildman–Crippen LogP) is 4.17. The minimum atomic E-state index is -4.55. The predicted molar refractivity (Wildman–Crippen MR) is 108 cm³/mol. The second-order valence-electron chi connectivity index (χ2n) is 8.02. The van der Waals surface area contributed by atoms with Crippen molar-refractivity contribution in [3.05, 3.63) is 82.6 Å². The summed E-state index contributed by atoms with van der Waals surface area (Å²) < 4.78 is 44.5. The van der Waals surface area contributed by atoms with Crippen LogP contribution in [0.25, 0.3) is 11.2 Å². The first-order valence-corrected chi connectivity index (χ1v) is 10.1. The molecule has 31 heavy (non-hydrogen) atoms. The molecule has 6 nitrogen and oxygen atoms in total. The third-order valence-electron chi connectivity index (χ3n) is 6.16. The summed E-state index contributed by atoms with van der Waals surface area (Å²) in [6.45, 7) is 0. The first-order valence-electron chi connectivity index (χ1n) is 10.1. The highest BCUT2D eigenvalue weighted by atomic mass is 19.4. The second-order valence-corrected chi connectivity index (χ2v) is 8.02. The van der Waals surface area contributed by atoms with Crippen LogP contribution in [0.1, 0.15) is 42.1 Å². The van der Waals surface area contributed by atoms with Crippen molar-refractivity contribution in [1.82, 2.24) is 23.7 Å². The van der Waals surface area contributed by atoms with Crippen molar-refractivity contribution < 1.29 is 13.2 Å². The van der Waals surface area contributed by atoms with Crippen molar-refractivity contribution in [2.24, 2.45) is 13.0 Å². The van der Waals surface area contributed by atoms with Gasteiger partial charge in [0.2, 0.25) is 0 Å². The summed E-state index contributed by atoms with van der Waals surface area (Å²) in [6.07, 6.45) is 3.03. The molecule has 0 spiro atoms. The lowest BCUT2D eigenvalue weighted by Crippen LogP contribution is -2.24. The van der Waals surface area contributed by atoms with E-state index in [1.807, 2.05) is 29.8 Å². The van der Waals surface area contributed by atoms with Gasteiger partial charge in [0.15, 0.2) is 0 Å². The number of fused-ring (bicyclic) bond motifs is 1. The van der Waals surface area contributed by atoms with Crippen LogP contribution in [-0.2, 0) is 13.2 Å². The van der Waals surface area contributed by atoms with Gasteiger partial charge in [0.1, 0.15) is 12.2 Å². The number of hydrogen-bond acceptors (Lipinski definition) is 3. The van der Waals surface area contributed by atoms with Gasteiger partial charge in [-0.1, -0.05) is 18.6 Å². The van der Waals surface area contributed by atoms with E-state index in [9.17, 15) is 18.0 Å². The molecular formula is C22H20F3N5O. The van der Waals surface area contributed by atoms with Gasteiger partial charge < -0.3 is 4.57 Å². The Kier molecular flexibility index (Phi) is 4.49. The highest BCUT2D eigenvalue weighted by molar-refractivity contribution is 5.56. The zero-order valence-electron chi connectivity index (χ0n) is 16.8. The third-order valence-corrected chi connectivity index (χ3v) is 6.16. The highest BCUT2D eigenvalue weighted by Gasteiger charge is 2.34. The molecule has 1 aliphatic carbocycles. The normalized spacial score (nSPS) is 15.9. The van der Waals surface area contributed by atoms with Gasteiger partial charge in [0, 0.05) is 25.4 Å². The Labute approximate surface area is 175 Å². The van der Waals surface area contributed by atoms with Crippen molar-refractivity contribution >= 4 is 5.52 Å². The molecule has 0 amide bonds. The molecule has 1 aliphatic rings. The number of nitrogens with zero attached hydrogens (tertiary/aromatic N) is 5. The molecule has 0 saturated heterocycles. The number of hydrogen-bond donors (Lipinski definition) is 0. The fourth-order valence-corrected chi connectivity index (χ4v) is 4.38. The standard InChI is InChI=1S/C22H20F3N5O/c1-28-13-26-27-20(28)19(14-5-2-6-14)15-7-3-8-16(11-15)30-12-18-17(22(23,24)25)9-4-10-29(18)21(30)31/h3-4,7-14,19H,2,5-6H2,1H3. The molecule has 0 radical (unpaired) electrons. The zero-order chi connectivity index (χ0) is 21.8. The summed E-state index contributed by atoms with van der Waals surface area (Å²) in [5.74, 6) is 1.27. The summed E-state index contributed by atoms with van der Waals surface area (Å²) in [6, 6.07) is 9.61. The minimum absolute atomic E-state index is 0.0136. The Morgan fingerprint density at radius 3 is 2.61 bits per heavy atom. The van der Waals surface area contributed by atoms with Crippen molar-refractivity contribution in [1.29, 1.82) is 0 Å². The van der Waals surface area contributed by atoms with E-state index in [0.29, 0.717) is 11.6 Å². The number of rotatable bonds is 4. The van der Waals surface area contributed by atoms with Gasteiger partial charge in [-0.05, 0) is 48.6 Å². The van der Waals surface area contributed by atoms with Crippen molar-refractivity contribution in [2.75, 3.05) is 0 Å². The number of imidazole rings is 1. The van der Waals surface area contributed by atoms with E-state index in [0.717, 1.165) is 41.1 Å². The maximum absolute atomic E-state index is 13.4. The summed E-state index contributed by atoms with van der Waals surface area (Å²) >= 11 is 0. The molecule has 160 valence electrons. The molecule has 3 aromatic heterocycles. The molecule has 1 aromatic carbocycles. The van der Waals surface area contributed by atoms with Crippen LogP contribution in [0.4, 0.5) is 13.2 Å². The fourth-order valence-electron chi connectivity index (χ4n) is 4.38. The molecule has 1 unspecified atom stereocenters. The van der Waals surface area contributed by atoms with E-state index in [1.54, 1.807) is 12.4 Å². The number of aromatic nitrogens is 5. The molecule has 1 atom stereocenters. The Morgan fingerprint density at radius 1 is 1.16 bits per heavy atom.